The number of rotatable bonds is 1. The van der Waals surface area contributed by atoms with E-state index in [9.17, 15) is 4.79 Å². The Morgan fingerprint density at radius 3 is 2.76 bits per heavy atom. The molecule has 0 bridgehead atoms. The molecule has 0 unspecified atom stereocenters. The molecule has 2 aromatic rings. The van der Waals surface area contributed by atoms with Crippen LogP contribution in [0.2, 0.25) is 0 Å². The van der Waals surface area contributed by atoms with Gasteiger partial charge in [0, 0.05) is 16.1 Å². The van der Waals surface area contributed by atoms with E-state index in [2.05, 4.69) is 21.2 Å². The Kier molecular flexibility index (Phi) is 2.61. The lowest BCUT2D eigenvalue weighted by Gasteiger charge is -1.95. The maximum Gasteiger partial charge on any atom is 0.256 e. The highest BCUT2D eigenvalue weighted by Crippen LogP contribution is 2.34. The lowest BCUT2D eigenvalue weighted by molar-refractivity contribution is -0.110. The van der Waals surface area contributed by atoms with Crippen molar-refractivity contribution in [1.82, 2.24) is 0 Å². The number of fused-ring (bicyclic) bond motifs is 1. The van der Waals surface area contributed by atoms with Crippen LogP contribution in [0, 0.1) is 0 Å². The van der Waals surface area contributed by atoms with Crippen molar-refractivity contribution in [2.45, 2.75) is 0 Å². The summed E-state index contributed by atoms with van der Waals surface area (Å²) in [4.78, 5) is 12.9. The van der Waals surface area contributed by atoms with Crippen molar-refractivity contribution in [3.05, 3.63) is 50.6 Å². The summed E-state index contributed by atoms with van der Waals surface area (Å²) in [5.74, 6) is -0.0317. The molecule has 1 aliphatic rings. The van der Waals surface area contributed by atoms with Crippen LogP contribution in [0.25, 0.3) is 11.6 Å². The van der Waals surface area contributed by atoms with E-state index >= 15 is 0 Å². The van der Waals surface area contributed by atoms with E-state index in [1.807, 2.05) is 42.5 Å². The van der Waals surface area contributed by atoms with E-state index in [1.54, 1.807) is 11.3 Å². The third kappa shape index (κ3) is 1.94. The fraction of sp³-hybridized carbons (Fsp3) is 0. The van der Waals surface area contributed by atoms with Crippen LogP contribution in [-0.2, 0) is 4.79 Å². The van der Waals surface area contributed by atoms with Gasteiger partial charge in [-0.1, -0.05) is 18.2 Å². The van der Waals surface area contributed by atoms with Crippen molar-refractivity contribution in [1.29, 1.82) is 0 Å². The highest BCUT2D eigenvalue weighted by atomic mass is 79.9. The first-order chi connectivity index (χ1) is 8.24. The Morgan fingerprint density at radius 2 is 2.00 bits per heavy atom. The average molecular weight is 306 g/mol. The van der Waals surface area contributed by atoms with Crippen molar-refractivity contribution in [3.8, 4) is 0 Å². The van der Waals surface area contributed by atoms with Crippen molar-refractivity contribution < 1.29 is 4.79 Å². The summed E-state index contributed by atoms with van der Waals surface area (Å²) in [6, 6.07) is 11.7. The topological polar surface area (TPSA) is 29.1 Å². The van der Waals surface area contributed by atoms with Crippen LogP contribution in [0.1, 0.15) is 10.4 Å². The third-order valence-electron chi connectivity index (χ3n) is 2.59. The smallest absolute Gasteiger partial charge is 0.256 e. The van der Waals surface area contributed by atoms with Crippen LogP contribution in [-0.4, -0.2) is 5.91 Å². The molecule has 3 rings (SSSR count). The molecule has 0 saturated carbocycles. The number of hydrogen-bond donors (Lipinski definition) is 1. The number of nitrogens with one attached hydrogen (secondary N) is 1. The van der Waals surface area contributed by atoms with E-state index in [0.717, 1.165) is 25.5 Å². The first kappa shape index (κ1) is 10.7. The van der Waals surface area contributed by atoms with E-state index < -0.39 is 0 Å². The minimum Gasteiger partial charge on any atom is -0.321 e. The third-order valence-corrected chi connectivity index (χ3v) is 4.16. The summed E-state index contributed by atoms with van der Waals surface area (Å²) in [7, 11) is 0. The normalized spacial score (nSPS) is 16.1. The summed E-state index contributed by atoms with van der Waals surface area (Å²) in [6.07, 6.45) is 1.93. The van der Waals surface area contributed by atoms with Crippen molar-refractivity contribution in [2.75, 3.05) is 5.32 Å². The molecule has 1 aromatic carbocycles. The number of halogens is 1. The van der Waals surface area contributed by atoms with Gasteiger partial charge in [0.05, 0.1) is 9.36 Å². The van der Waals surface area contributed by atoms with E-state index in [0.29, 0.717) is 0 Å². The molecule has 2 nitrogen and oxygen atoms in total. The molecule has 2 heterocycles. The Morgan fingerprint density at radius 1 is 1.18 bits per heavy atom. The SMILES string of the molecule is O=C1Nc2ccccc2/C1=C\c1ccc(Br)s1. The predicted octanol–water partition coefficient (Wildman–Crippen LogP) is 4.00. The zero-order valence-corrected chi connectivity index (χ0v) is 11.1. The molecule has 1 amide bonds. The molecule has 84 valence electrons. The second-order valence-electron chi connectivity index (χ2n) is 3.70. The lowest BCUT2D eigenvalue weighted by Crippen LogP contribution is -2.03. The highest BCUT2D eigenvalue weighted by molar-refractivity contribution is 9.11. The largest absolute Gasteiger partial charge is 0.321 e. The van der Waals surface area contributed by atoms with E-state index in [4.69, 9.17) is 0 Å². The maximum absolute atomic E-state index is 11.9. The van der Waals surface area contributed by atoms with Crippen LogP contribution in [0.15, 0.2) is 40.2 Å². The summed E-state index contributed by atoms with van der Waals surface area (Å²) >= 11 is 5.03. The number of thiophene rings is 1. The van der Waals surface area contributed by atoms with Crippen molar-refractivity contribution in [2.24, 2.45) is 0 Å². The molecular weight excluding hydrogens is 298 g/mol. The number of carbonyl (C=O) groups excluding carboxylic acids is 1. The van der Waals surface area contributed by atoms with Crippen LogP contribution in [0.4, 0.5) is 5.69 Å². The Bertz CT molecular complexity index is 630. The zero-order valence-electron chi connectivity index (χ0n) is 8.74. The van der Waals surface area contributed by atoms with Gasteiger partial charge < -0.3 is 5.32 Å². The number of carbonyl (C=O) groups is 1. The predicted molar refractivity (Wildman–Crippen MR) is 75.0 cm³/mol. The van der Waals surface area contributed by atoms with Gasteiger partial charge in [-0.15, -0.1) is 11.3 Å². The molecule has 0 saturated heterocycles. The van der Waals surface area contributed by atoms with Gasteiger partial charge in [-0.2, -0.15) is 0 Å². The quantitative estimate of drug-likeness (QED) is 0.793. The van der Waals surface area contributed by atoms with Gasteiger partial charge >= 0.3 is 0 Å². The van der Waals surface area contributed by atoms with Gasteiger partial charge in [0.1, 0.15) is 0 Å². The van der Waals surface area contributed by atoms with Crippen molar-refractivity contribution >= 4 is 50.5 Å². The minimum atomic E-state index is -0.0317. The molecule has 0 radical (unpaired) electrons. The molecule has 1 aromatic heterocycles. The number of benzene rings is 1. The molecule has 0 spiro atoms. The molecule has 17 heavy (non-hydrogen) atoms. The lowest BCUT2D eigenvalue weighted by atomic mass is 10.1. The zero-order chi connectivity index (χ0) is 11.8. The van der Waals surface area contributed by atoms with Gasteiger partial charge in [-0.25, -0.2) is 0 Å². The summed E-state index contributed by atoms with van der Waals surface area (Å²) in [5.41, 5.74) is 2.59. The van der Waals surface area contributed by atoms with Crippen LogP contribution >= 0.6 is 27.3 Å². The number of amides is 1. The molecule has 1 N–H and O–H groups in total. The molecule has 1 aliphatic heterocycles. The second-order valence-corrected chi connectivity index (χ2v) is 6.19. The van der Waals surface area contributed by atoms with Gasteiger partial charge in [0.15, 0.2) is 0 Å². The molecule has 0 aliphatic carbocycles. The Balaban J connectivity index is 2.09. The molecule has 0 atom stereocenters. The number of para-hydroxylation sites is 1. The summed E-state index contributed by atoms with van der Waals surface area (Å²) in [5, 5.41) is 2.86. The van der Waals surface area contributed by atoms with Crippen LogP contribution in [0.5, 0.6) is 0 Å². The van der Waals surface area contributed by atoms with Gasteiger partial charge in [0.2, 0.25) is 0 Å². The Labute approximate surface area is 111 Å². The number of anilines is 1. The monoisotopic (exact) mass is 305 g/mol. The molecular formula is C13H8BrNOS. The first-order valence-corrected chi connectivity index (χ1v) is 6.73. The van der Waals surface area contributed by atoms with E-state index in [1.165, 1.54) is 0 Å². The van der Waals surface area contributed by atoms with E-state index in [-0.39, 0.29) is 5.91 Å². The first-order valence-electron chi connectivity index (χ1n) is 5.12. The molecule has 0 fully saturated rings. The highest BCUT2D eigenvalue weighted by Gasteiger charge is 2.23. The maximum atomic E-state index is 11.9. The van der Waals surface area contributed by atoms with Gasteiger partial charge in [-0.3, -0.25) is 4.79 Å². The van der Waals surface area contributed by atoms with Crippen LogP contribution < -0.4 is 5.32 Å². The fourth-order valence-electron chi connectivity index (χ4n) is 1.83. The Hall–Kier alpha value is -1.39. The summed E-state index contributed by atoms with van der Waals surface area (Å²) < 4.78 is 1.07. The van der Waals surface area contributed by atoms with Crippen molar-refractivity contribution in [3.63, 3.8) is 0 Å². The van der Waals surface area contributed by atoms with Gasteiger partial charge in [0.25, 0.3) is 5.91 Å². The summed E-state index contributed by atoms with van der Waals surface area (Å²) in [6.45, 7) is 0. The minimum absolute atomic E-state index is 0.0317. The standard InChI is InChI=1S/C13H8BrNOS/c14-12-6-5-8(17-12)7-10-9-3-1-2-4-11(9)15-13(10)16/h1-7H,(H,15,16)/b10-7+. The second kappa shape index (κ2) is 4.13. The number of hydrogen-bond acceptors (Lipinski definition) is 2. The fourth-order valence-corrected chi connectivity index (χ4v) is 3.20. The van der Waals surface area contributed by atoms with Gasteiger partial charge in [-0.05, 0) is 40.2 Å². The molecule has 4 heteroatoms. The van der Waals surface area contributed by atoms with Crippen LogP contribution in [0.3, 0.4) is 0 Å². The average Bonchev–Trinajstić information content (AvgIpc) is 2.85.